The largest absolute Gasteiger partial charge is 0.403 e. The fourth-order valence-electron chi connectivity index (χ4n) is 2.76. The van der Waals surface area contributed by atoms with E-state index in [0.29, 0.717) is 15.9 Å². The lowest BCUT2D eigenvalue weighted by Gasteiger charge is -2.05. The molecule has 0 spiro atoms. The summed E-state index contributed by atoms with van der Waals surface area (Å²) in [7, 11) is 0. The van der Waals surface area contributed by atoms with E-state index in [4.69, 9.17) is 16.0 Å². The third-order valence-electron chi connectivity index (χ3n) is 4.25. The monoisotopic (exact) mass is 362 g/mol. The molecular formula is C21H15ClN2O2. The van der Waals surface area contributed by atoms with Crippen molar-refractivity contribution in [3.8, 4) is 22.7 Å². The van der Waals surface area contributed by atoms with Crippen LogP contribution in [0.15, 0.2) is 70.0 Å². The Kier molecular flexibility index (Phi) is 4.27. The lowest BCUT2D eigenvalue weighted by molar-refractivity contribution is 0.518. The van der Waals surface area contributed by atoms with E-state index in [2.05, 4.69) is 23.0 Å². The molecule has 0 saturated heterocycles. The van der Waals surface area contributed by atoms with Crippen LogP contribution in [0.2, 0.25) is 5.02 Å². The Hall–Kier alpha value is -2.98. The zero-order valence-electron chi connectivity index (χ0n) is 14.1. The zero-order valence-corrected chi connectivity index (χ0v) is 14.8. The lowest BCUT2D eigenvalue weighted by Crippen LogP contribution is -2.02. The summed E-state index contributed by atoms with van der Waals surface area (Å²) < 4.78 is 5.37. The number of aromatic nitrogens is 2. The Balaban J connectivity index is 1.72. The molecule has 2 aromatic carbocycles. The molecule has 128 valence electrons. The molecule has 0 unspecified atom stereocenters. The van der Waals surface area contributed by atoms with Gasteiger partial charge in [-0.2, -0.15) is 0 Å². The highest BCUT2D eigenvalue weighted by Crippen LogP contribution is 2.24. The molecule has 0 saturated carbocycles. The van der Waals surface area contributed by atoms with Crippen molar-refractivity contribution >= 4 is 22.5 Å². The molecule has 0 aliphatic heterocycles. The Morgan fingerprint density at radius 1 is 1.00 bits per heavy atom. The minimum absolute atomic E-state index is 0.269. The second-order valence-corrected chi connectivity index (χ2v) is 6.39. The number of rotatable bonds is 3. The molecule has 0 N–H and O–H groups in total. The fourth-order valence-corrected chi connectivity index (χ4v) is 2.92. The van der Waals surface area contributed by atoms with Crippen LogP contribution in [0.4, 0.5) is 0 Å². The molecule has 0 fully saturated rings. The third kappa shape index (κ3) is 3.11. The maximum atomic E-state index is 12.2. The van der Waals surface area contributed by atoms with Crippen LogP contribution in [0.5, 0.6) is 0 Å². The molecule has 0 atom stereocenters. The van der Waals surface area contributed by atoms with Gasteiger partial charge < -0.3 is 4.42 Å². The van der Waals surface area contributed by atoms with Crippen molar-refractivity contribution in [1.29, 1.82) is 0 Å². The van der Waals surface area contributed by atoms with Gasteiger partial charge in [0.25, 0.3) is 0 Å². The summed E-state index contributed by atoms with van der Waals surface area (Å²) in [6.07, 6.45) is 2.85. The van der Waals surface area contributed by atoms with Gasteiger partial charge >= 0.3 is 5.63 Å². The second kappa shape index (κ2) is 6.73. The van der Waals surface area contributed by atoms with Crippen molar-refractivity contribution in [3.63, 3.8) is 0 Å². The van der Waals surface area contributed by atoms with Gasteiger partial charge in [0.15, 0.2) is 0 Å². The summed E-state index contributed by atoms with van der Waals surface area (Å²) in [5.41, 5.74) is 3.90. The average Bonchev–Trinajstić information content (AvgIpc) is 2.68. The quantitative estimate of drug-likeness (QED) is 0.506. The first kappa shape index (κ1) is 16.5. The first-order chi connectivity index (χ1) is 12.6. The number of pyridine rings is 1. The highest BCUT2D eigenvalue weighted by molar-refractivity contribution is 6.31. The highest BCUT2D eigenvalue weighted by atomic mass is 35.5. The Morgan fingerprint density at radius 3 is 2.46 bits per heavy atom. The van der Waals surface area contributed by atoms with Crippen molar-refractivity contribution < 1.29 is 4.42 Å². The van der Waals surface area contributed by atoms with Crippen molar-refractivity contribution in [2.24, 2.45) is 0 Å². The van der Waals surface area contributed by atoms with Gasteiger partial charge in [0.2, 0.25) is 5.89 Å². The standard InChI is InChI=1S/C21H15ClN2O2/c1-2-13-3-10-18(23-12-13)14-4-6-15(7-5-14)20-24-19-11-16(22)8-9-17(19)21(25)26-20/h3-12H,2H2,1H3. The highest BCUT2D eigenvalue weighted by Gasteiger charge is 2.09. The molecule has 0 bridgehead atoms. The van der Waals surface area contributed by atoms with Gasteiger partial charge in [-0.15, -0.1) is 0 Å². The molecular weight excluding hydrogens is 348 g/mol. The summed E-state index contributed by atoms with van der Waals surface area (Å²) in [5, 5.41) is 0.938. The number of benzene rings is 2. The molecule has 4 nitrogen and oxygen atoms in total. The van der Waals surface area contributed by atoms with Crippen LogP contribution in [0, 0.1) is 0 Å². The number of fused-ring (bicyclic) bond motifs is 1. The van der Waals surface area contributed by atoms with E-state index in [9.17, 15) is 4.79 Å². The predicted octanol–water partition coefficient (Wildman–Crippen LogP) is 5.13. The van der Waals surface area contributed by atoms with E-state index in [1.165, 1.54) is 5.56 Å². The normalized spacial score (nSPS) is 11.0. The van der Waals surface area contributed by atoms with E-state index in [-0.39, 0.29) is 5.89 Å². The minimum atomic E-state index is -0.428. The van der Waals surface area contributed by atoms with E-state index in [1.54, 1.807) is 18.2 Å². The SMILES string of the molecule is CCc1ccc(-c2ccc(-c3nc4cc(Cl)ccc4c(=O)o3)cc2)nc1. The number of nitrogens with zero attached hydrogens (tertiary/aromatic N) is 2. The first-order valence-corrected chi connectivity index (χ1v) is 8.68. The molecule has 0 aliphatic rings. The zero-order chi connectivity index (χ0) is 18.1. The Morgan fingerprint density at radius 2 is 1.77 bits per heavy atom. The molecule has 0 radical (unpaired) electrons. The van der Waals surface area contributed by atoms with Crippen LogP contribution in [-0.2, 0) is 6.42 Å². The van der Waals surface area contributed by atoms with Crippen LogP contribution in [0.1, 0.15) is 12.5 Å². The smallest absolute Gasteiger partial charge is 0.347 e. The van der Waals surface area contributed by atoms with Crippen LogP contribution < -0.4 is 5.63 Å². The second-order valence-electron chi connectivity index (χ2n) is 5.95. The van der Waals surface area contributed by atoms with Crippen molar-refractivity contribution in [2.75, 3.05) is 0 Å². The molecule has 5 heteroatoms. The molecule has 4 aromatic rings. The predicted molar refractivity (Wildman–Crippen MR) is 103 cm³/mol. The Labute approximate surface area is 155 Å². The molecule has 4 rings (SSSR count). The molecule has 2 aromatic heterocycles. The number of hydrogen-bond acceptors (Lipinski definition) is 4. The van der Waals surface area contributed by atoms with E-state index < -0.39 is 5.63 Å². The van der Waals surface area contributed by atoms with Gasteiger partial charge in [0.1, 0.15) is 0 Å². The maximum Gasteiger partial charge on any atom is 0.347 e. The van der Waals surface area contributed by atoms with Gasteiger partial charge in [-0.05, 0) is 48.4 Å². The van der Waals surface area contributed by atoms with E-state index in [0.717, 1.165) is 23.2 Å². The fraction of sp³-hybridized carbons (Fsp3) is 0.0952. The van der Waals surface area contributed by atoms with Gasteiger partial charge in [-0.1, -0.05) is 36.7 Å². The molecule has 0 amide bonds. The van der Waals surface area contributed by atoms with Gasteiger partial charge in [0.05, 0.1) is 16.6 Å². The van der Waals surface area contributed by atoms with Crippen LogP contribution in [0.3, 0.4) is 0 Å². The van der Waals surface area contributed by atoms with Crippen LogP contribution in [0.25, 0.3) is 33.6 Å². The summed E-state index contributed by atoms with van der Waals surface area (Å²) >= 11 is 6.00. The van der Waals surface area contributed by atoms with Gasteiger partial charge in [-0.25, -0.2) is 9.78 Å². The molecule has 26 heavy (non-hydrogen) atoms. The van der Waals surface area contributed by atoms with Crippen molar-refractivity contribution in [1.82, 2.24) is 9.97 Å². The van der Waals surface area contributed by atoms with Crippen molar-refractivity contribution in [3.05, 3.63) is 81.8 Å². The van der Waals surface area contributed by atoms with Crippen molar-refractivity contribution in [2.45, 2.75) is 13.3 Å². The molecule has 0 aliphatic carbocycles. The summed E-state index contributed by atoms with van der Waals surface area (Å²) in [6, 6.07) is 16.6. The summed E-state index contributed by atoms with van der Waals surface area (Å²) in [5.74, 6) is 0.269. The van der Waals surface area contributed by atoms with Gasteiger partial charge in [0, 0.05) is 22.3 Å². The Bertz CT molecular complexity index is 1130. The average molecular weight is 363 g/mol. The lowest BCUT2D eigenvalue weighted by atomic mass is 10.1. The number of aryl methyl sites for hydroxylation is 1. The minimum Gasteiger partial charge on any atom is -0.403 e. The summed E-state index contributed by atoms with van der Waals surface area (Å²) in [6.45, 7) is 2.10. The van der Waals surface area contributed by atoms with E-state index >= 15 is 0 Å². The third-order valence-corrected chi connectivity index (χ3v) is 4.49. The summed E-state index contributed by atoms with van der Waals surface area (Å²) in [4.78, 5) is 21.1. The van der Waals surface area contributed by atoms with Gasteiger partial charge in [-0.3, -0.25) is 4.98 Å². The van der Waals surface area contributed by atoms with E-state index in [1.807, 2.05) is 36.5 Å². The topological polar surface area (TPSA) is 56.0 Å². The number of halogens is 1. The first-order valence-electron chi connectivity index (χ1n) is 8.30. The van der Waals surface area contributed by atoms with Crippen LogP contribution >= 0.6 is 11.6 Å². The molecule has 2 heterocycles. The number of hydrogen-bond donors (Lipinski definition) is 0. The van der Waals surface area contributed by atoms with Crippen LogP contribution in [-0.4, -0.2) is 9.97 Å². The maximum absolute atomic E-state index is 12.2.